The molecule has 4 nitrogen and oxygen atoms in total. The zero-order valence-corrected chi connectivity index (χ0v) is 9.36. The number of aliphatic carboxylic acids is 2. The summed E-state index contributed by atoms with van der Waals surface area (Å²) < 4.78 is 0. The molecule has 0 N–H and O–H groups in total. The number of carbonyl (C=O) groups excluding carboxylic acids is 2. The van der Waals surface area contributed by atoms with Crippen molar-refractivity contribution in [1.82, 2.24) is 0 Å². The number of hydrogen-bond donors (Lipinski definition) is 0. The summed E-state index contributed by atoms with van der Waals surface area (Å²) in [4.78, 5) is 20.9. The second kappa shape index (κ2) is 5.42. The van der Waals surface area contributed by atoms with Crippen molar-refractivity contribution in [3.8, 4) is 0 Å². The Kier molecular flexibility index (Phi) is 5.29. The van der Waals surface area contributed by atoms with E-state index in [2.05, 4.69) is 0 Å². The maximum atomic E-state index is 10.4. The molecule has 1 aliphatic carbocycles. The van der Waals surface area contributed by atoms with E-state index < -0.39 is 23.8 Å². The van der Waals surface area contributed by atoms with Crippen LogP contribution in [-0.4, -0.2) is 11.9 Å². The summed E-state index contributed by atoms with van der Waals surface area (Å²) in [5, 5.41) is 20.9. The Morgan fingerprint density at radius 3 is 1.62 bits per heavy atom. The number of carboxylic acids is 2. The molecular formula is C8H9NaO4. The predicted molar refractivity (Wildman–Crippen MR) is 36.5 cm³/mol. The molecule has 0 bridgehead atoms. The van der Waals surface area contributed by atoms with Crippen molar-refractivity contribution in [2.24, 2.45) is 11.8 Å². The quantitative estimate of drug-likeness (QED) is 0.325. The molecule has 13 heavy (non-hydrogen) atoms. The van der Waals surface area contributed by atoms with E-state index in [0.29, 0.717) is 0 Å². The van der Waals surface area contributed by atoms with Gasteiger partial charge >= 0.3 is 31.0 Å². The van der Waals surface area contributed by atoms with Gasteiger partial charge in [0.2, 0.25) is 0 Å². The summed E-state index contributed by atoms with van der Waals surface area (Å²) in [5.41, 5.74) is 0. The Morgan fingerprint density at radius 1 is 1.08 bits per heavy atom. The standard InChI is InChI=1S/C8H10O4.Na/c9-7(10)5-3-1-2-4-6(5)8(11)12;/h1-2,5-6H,3-4H2,(H,9,10)(H,11,12);/q;+1/p-1. The number of carbonyl (C=O) groups is 2. The third-order valence-corrected chi connectivity index (χ3v) is 2.04. The smallest absolute Gasteiger partial charge is 0.550 e. The number of rotatable bonds is 2. The first kappa shape index (κ1) is 12.7. The minimum atomic E-state index is -1.31. The average Bonchev–Trinajstić information content (AvgIpc) is 2.04. The van der Waals surface area contributed by atoms with Crippen LogP contribution in [0.1, 0.15) is 14.3 Å². The number of hydrogen-bond acceptors (Lipinski definition) is 4. The van der Waals surface area contributed by atoms with Gasteiger partial charge in [-0.05, 0) is 12.8 Å². The van der Waals surface area contributed by atoms with Gasteiger partial charge in [0, 0.05) is 23.8 Å². The zero-order valence-electron chi connectivity index (χ0n) is 8.36. The molecule has 0 fully saturated rings. The van der Waals surface area contributed by atoms with Gasteiger partial charge in [0.25, 0.3) is 0 Å². The second-order valence-electron chi connectivity index (χ2n) is 2.79. The molecule has 0 aromatic rings. The van der Waals surface area contributed by atoms with Crippen LogP contribution in [0.5, 0.6) is 0 Å². The first-order valence-corrected chi connectivity index (χ1v) is 3.69. The Morgan fingerprint density at radius 2 is 1.38 bits per heavy atom. The van der Waals surface area contributed by atoms with Gasteiger partial charge in [0.15, 0.2) is 0 Å². The van der Waals surface area contributed by atoms with Gasteiger partial charge in [-0.1, -0.05) is 12.2 Å². The normalized spacial score (nSPS) is 26.2. The van der Waals surface area contributed by atoms with Gasteiger partial charge in [-0.15, -0.1) is 0 Å². The van der Waals surface area contributed by atoms with Crippen LogP contribution in [0.25, 0.3) is 0 Å². The van der Waals surface area contributed by atoms with Crippen molar-refractivity contribution >= 4 is 11.9 Å². The third kappa shape index (κ3) is 3.14. The molecule has 2 unspecified atom stereocenters. The topological polar surface area (TPSA) is 80.3 Å². The molecule has 0 aromatic carbocycles. The molecule has 5 heteroatoms. The molecule has 0 saturated carbocycles. The van der Waals surface area contributed by atoms with Crippen molar-refractivity contribution in [3.05, 3.63) is 12.2 Å². The third-order valence-electron chi connectivity index (χ3n) is 2.04. The fourth-order valence-corrected chi connectivity index (χ4v) is 1.34. The van der Waals surface area contributed by atoms with Crippen molar-refractivity contribution in [2.45, 2.75) is 12.8 Å². The first-order chi connectivity index (χ1) is 5.63. The fraction of sp³-hybridized carbons (Fsp3) is 0.500. The Labute approximate surface area is 99.4 Å². The summed E-state index contributed by atoms with van der Waals surface area (Å²) in [6, 6.07) is 0. The molecule has 0 aromatic heterocycles. The zero-order chi connectivity index (χ0) is 9.14. The summed E-state index contributed by atoms with van der Waals surface area (Å²) in [6.45, 7) is 0. The number of carboxylic acid groups (broad SMARTS) is 2. The van der Waals surface area contributed by atoms with Gasteiger partial charge in [-0.3, -0.25) is 0 Å². The van der Waals surface area contributed by atoms with E-state index in [4.69, 9.17) is 0 Å². The second-order valence-corrected chi connectivity index (χ2v) is 2.79. The van der Waals surface area contributed by atoms with E-state index in [1.807, 2.05) is 0 Å². The molecule has 0 amide bonds. The summed E-state index contributed by atoms with van der Waals surface area (Å²) >= 11 is 0. The van der Waals surface area contributed by atoms with E-state index in [-0.39, 0.29) is 43.8 Å². The van der Waals surface area contributed by atoms with Gasteiger partial charge in [-0.25, -0.2) is 0 Å². The van der Waals surface area contributed by atoms with Gasteiger partial charge < -0.3 is 19.8 Å². The van der Waals surface area contributed by atoms with Crippen molar-refractivity contribution in [3.63, 3.8) is 0 Å². The predicted octanol–water partition coefficient (Wildman–Crippen LogP) is -4.81. The largest absolute Gasteiger partial charge is 1.00 e. The van der Waals surface area contributed by atoms with Crippen LogP contribution >= 0.6 is 0 Å². The first-order valence-electron chi connectivity index (χ1n) is 3.69. The SMILES string of the molecule is O=C([O-])C1CC=CCC1C(=O)[O-].[H+].[Na+]. The van der Waals surface area contributed by atoms with Gasteiger partial charge in [0.05, 0.1) is 0 Å². The molecule has 0 spiro atoms. The number of allylic oxidation sites excluding steroid dienone is 2. The monoisotopic (exact) mass is 192 g/mol. The minimum Gasteiger partial charge on any atom is -0.550 e. The van der Waals surface area contributed by atoms with Crippen LogP contribution in [0, 0.1) is 11.8 Å². The van der Waals surface area contributed by atoms with Crippen molar-refractivity contribution in [1.29, 1.82) is 0 Å². The summed E-state index contributed by atoms with van der Waals surface area (Å²) in [5.74, 6) is -4.48. The van der Waals surface area contributed by atoms with E-state index in [1.54, 1.807) is 12.2 Å². The Balaban J connectivity index is 0. The molecule has 0 heterocycles. The molecule has 0 radical (unpaired) electrons. The maximum absolute atomic E-state index is 10.4. The van der Waals surface area contributed by atoms with Crippen molar-refractivity contribution < 1.29 is 50.8 Å². The summed E-state index contributed by atoms with van der Waals surface area (Å²) in [6.07, 6.45) is 3.75. The molecule has 66 valence electrons. The Bertz CT molecular complexity index is 217. The van der Waals surface area contributed by atoms with Crippen LogP contribution in [0.15, 0.2) is 12.2 Å². The minimum absolute atomic E-state index is 0. The van der Waals surface area contributed by atoms with Gasteiger partial charge in [0.1, 0.15) is 0 Å². The molecule has 2 atom stereocenters. The van der Waals surface area contributed by atoms with Crippen LogP contribution in [-0.2, 0) is 9.59 Å². The van der Waals surface area contributed by atoms with E-state index >= 15 is 0 Å². The fourth-order valence-electron chi connectivity index (χ4n) is 1.34. The van der Waals surface area contributed by atoms with Crippen LogP contribution in [0.3, 0.4) is 0 Å². The summed E-state index contributed by atoms with van der Waals surface area (Å²) in [7, 11) is 0. The maximum Gasteiger partial charge on any atom is 1.00 e. The van der Waals surface area contributed by atoms with Crippen LogP contribution in [0.4, 0.5) is 0 Å². The van der Waals surface area contributed by atoms with Crippen LogP contribution in [0.2, 0.25) is 0 Å². The molecule has 1 aliphatic rings. The molecular weight excluding hydrogens is 183 g/mol. The molecule has 1 rings (SSSR count). The van der Waals surface area contributed by atoms with Gasteiger partial charge in [-0.2, -0.15) is 0 Å². The van der Waals surface area contributed by atoms with E-state index in [0.717, 1.165) is 0 Å². The van der Waals surface area contributed by atoms with Crippen LogP contribution < -0.4 is 39.8 Å². The molecule has 0 aliphatic heterocycles. The van der Waals surface area contributed by atoms with E-state index in [1.165, 1.54) is 0 Å². The average molecular weight is 192 g/mol. The molecule has 0 saturated heterocycles. The Hall–Kier alpha value is -0.320. The van der Waals surface area contributed by atoms with Crippen molar-refractivity contribution in [2.75, 3.05) is 0 Å². The van der Waals surface area contributed by atoms with E-state index in [9.17, 15) is 19.8 Å².